The number of carbonyl (C=O) groups excluding carboxylic acids is 4. The topological polar surface area (TPSA) is 114 Å². The minimum atomic E-state index is -1.15. The van der Waals surface area contributed by atoms with Crippen LogP contribution in [0.1, 0.15) is 30.5 Å². The SMILES string of the molecule is CC(C)[C@H](NC(=O)[C@H](Cc1ccccc1)NC(=O)OCc1ccccc1)C(=O)C(=O)NCc1cccc(F)c1. The van der Waals surface area contributed by atoms with E-state index in [-0.39, 0.29) is 19.6 Å². The van der Waals surface area contributed by atoms with Crippen molar-refractivity contribution in [1.82, 2.24) is 16.0 Å². The van der Waals surface area contributed by atoms with E-state index in [1.54, 1.807) is 44.2 Å². The Kier molecular flexibility index (Phi) is 10.7. The molecule has 0 aromatic heterocycles. The lowest BCUT2D eigenvalue weighted by Gasteiger charge is -2.24. The molecule has 3 amide bonds. The first-order chi connectivity index (χ1) is 18.7. The van der Waals surface area contributed by atoms with Crippen LogP contribution in [0.2, 0.25) is 0 Å². The van der Waals surface area contributed by atoms with Gasteiger partial charge in [0.2, 0.25) is 11.7 Å². The van der Waals surface area contributed by atoms with E-state index in [0.29, 0.717) is 5.56 Å². The summed E-state index contributed by atoms with van der Waals surface area (Å²) in [6.07, 6.45) is -0.659. The van der Waals surface area contributed by atoms with Crippen LogP contribution in [0.5, 0.6) is 0 Å². The number of hydrogen-bond donors (Lipinski definition) is 3. The average molecular weight is 534 g/mol. The Hall–Kier alpha value is -4.53. The minimum absolute atomic E-state index is 0.0188. The third kappa shape index (κ3) is 9.37. The number of rotatable bonds is 12. The van der Waals surface area contributed by atoms with E-state index < -0.39 is 47.5 Å². The van der Waals surface area contributed by atoms with Gasteiger partial charge in [0.05, 0.1) is 6.04 Å². The van der Waals surface area contributed by atoms with Crippen LogP contribution in [-0.2, 0) is 38.7 Å². The summed E-state index contributed by atoms with van der Waals surface area (Å²) in [6.45, 7) is 3.35. The summed E-state index contributed by atoms with van der Waals surface area (Å²) in [5.74, 6) is -3.28. The van der Waals surface area contributed by atoms with Crippen LogP contribution < -0.4 is 16.0 Å². The molecule has 0 bridgehead atoms. The number of ether oxygens (including phenoxy) is 1. The van der Waals surface area contributed by atoms with Crippen LogP contribution in [-0.4, -0.2) is 35.8 Å². The summed E-state index contributed by atoms with van der Waals surface area (Å²) >= 11 is 0. The molecule has 0 aliphatic carbocycles. The number of amides is 3. The van der Waals surface area contributed by atoms with Gasteiger partial charge in [-0.3, -0.25) is 14.4 Å². The fraction of sp³-hybridized carbons (Fsp3) is 0.267. The number of ketones is 1. The normalized spacial score (nSPS) is 12.2. The monoisotopic (exact) mass is 533 g/mol. The molecule has 3 aromatic rings. The fourth-order valence-electron chi connectivity index (χ4n) is 3.81. The summed E-state index contributed by atoms with van der Waals surface area (Å²) in [5.41, 5.74) is 2.05. The number of benzene rings is 3. The molecular weight excluding hydrogens is 501 g/mol. The van der Waals surface area contributed by atoms with Crippen LogP contribution in [0.25, 0.3) is 0 Å². The van der Waals surface area contributed by atoms with E-state index in [0.717, 1.165) is 11.1 Å². The number of alkyl carbamates (subject to hydrolysis) is 1. The molecule has 9 heteroatoms. The van der Waals surface area contributed by atoms with E-state index in [2.05, 4.69) is 16.0 Å². The van der Waals surface area contributed by atoms with Crippen molar-refractivity contribution in [2.75, 3.05) is 0 Å². The van der Waals surface area contributed by atoms with Crippen molar-refractivity contribution < 1.29 is 28.3 Å². The van der Waals surface area contributed by atoms with Crippen LogP contribution in [0.3, 0.4) is 0 Å². The second-order valence-corrected chi connectivity index (χ2v) is 9.36. The van der Waals surface area contributed by atoms with Gasteiger partial charge in [-0.2, -0.15) is 0 Å². The van der Waals surface area contributed by atoms with Gasteiger partial charge in [-0.05, 0) is 34.7 Å². The number of hydrogen-bond acceptors (Lipinski definition) is 5. The smallest absolute Gasteiger partial charge is 0.408 e. The maximum absolute atomic E-state index is 13.4. The molecule has 0 aliphatic heterocycles. The largest absolute Gasteiger partial charge is 0.445 e. The van der Waals surface area contributed by atoms with Gasteiger partial charge in [-0.25, -0.2) is 9.18 Å². The lowest BCUT2D eigenvalue weighted by atomic mass is 9.97. The molecule has 3 rings (SSSR count). The summed E-state index contributed by atoms with van der Waals surface area (Å²) in [7, 11) is 0. The highest BCUT2D eigenvalue weighted by molar-refractivity contribution is 6.38. The van der Waals surface area contributed by atoms with Crippen molar-refractivity contribution >= 4 is 23.7 Å². The molecule has 0 heterocycles. The van der Waals surface area contributed by atoms with Gasteiger partial charge in [-0.1, -0.05) is 86.6 Å². The number of carbonyl (C=O) groups is 4. The summed E-state index contributed by atoms with van der Waals surface area (Å²) in [5, 5.41) is 7.68. The van der Waals surface area contributed by atoms with Gasteiger partial charge >= 0.3 is 6.09 Å². The van der Waals surface area contributed by atoms with Gasteiger partial charge in [0.15, 0.2) is 0 Å². The van der Waals surface area contributed by atoms with Gasteiger partial charge in [0.1, 0.15) is 18.5 Å². The number of halogens is 1. The molecule has 2 atom stereocenters. The van der Waals surface area contributed by atoms with Crippen molar-refractivity contribution in [2.24, 2.45) is 5.92 Å². The first-order valence-corrected chi connectivity index (χ1v) is 12.6. The van der Waals surface area contributed by atoms with Gasteiger partial charge in [-0.15, -0.1) is 0 Å². The maximum atomic E-state index is 13.4. The molecule has 8 nitrogen and oxygen atoms in total. The zero-order valence-electron chi connectivity index (χ0n) is 21.9. The van der Waals surface area contributed by atoms with Gasteiger partial charge in [0.25, 0.3) is 5.91 Å². The molecule has 204 valence electrons. The number of Topliss-reactive ketones (excluding diaryl/α,β-unsaturated/α-hetero) is 1. The molecule has 3 aromatic carbocycles. The van der Waals surface area contributed by atoms with Crippen LogP contribution in [0.15, 0.2) is 84.9 Å². The summed E-state index contributed by atoms with van der Waals surface area (Å²) in [6, 6.07) is 21.6. The predicted molar refractivity (Wildman–Crippen MR) is 144 cm³/mol. The molecule has 0 unspecified atom stereocenters. The van der Waals surface area contributed by atoms with Crippen LogP contribution in [0.4, 0.5) is 9.18 Å². The molecule has 0 aliphatic rings. The van der Waals surface area contributed by atoms with Crippen LogP contribution in [0, 0.1) is 11.7 Å². The van der Waals surface area contributed by atoms with Gasteiger partial charge in [0, 0.05) is 13.0 Å². The average Bonchev–Trinajstić information content (AvgIpc) is 2.93. The minimum Gasteiger partial charge on any atom is -0.445 e. The Morgan fingerprint density at radius 2 is 1.41 bits per heavy atom. The quantitative estimate of drug-likeness (QED) is 0.308. The Balaban J connectivity index is 1.66. The van der Waals surface area contributed by atoms with Gasteiger partial charge < -0.3 is 20.7 Å². The second-order valence-electron chi connectivity index (χ2n) is 9.36. The van der Waals surface area contributed by atoms with E-state index in [1.165, 1.54) is 18.2 Å². The number of nitrogens with one attached hydrogen (secondary N) is 3. The summed E-state index contributed by atoms with van der Waals surface area (Å²) in [4.78, 5) is 51.4. The zero-order valence-corrected chi connectivity index (χ0v) is 21.9. The lowest BCUT2D eigenvalue weighted by Crippen LogP contribution is -2.56. The first kappa shape index (κ1) is 29.0. The third-order valence-corrected chi connectivity index (χ3v) is 5.92. The lowest BCUT2D eigenvalue weighted by molar-refractivity contribution is -0.141. The Bertz CT molecular complexity index is 1270. The predicted octanol–water partition coefficient (Wildman–Crippen LogP) is 3.69. The zero-order chi connectivity index (χ0) is 28.2. The molecule has 0 spiro atoms. The molecule has 0 saturated carbocycles. The maximum Gasteiger partial charge on any atom is 0.408 e. The molecule has 39 heavy (non-hydrogen) atoms. The van der Waals surface area contributed by atoms with Crippen molar-refractivity contribution in [3.63, 3.8) is 0 Å². The molecule has 0 radical (unpaired) electrons. The van der Waals surface area contributed by atoms with E-state index in [1.807, 2.05) is 36.4 Å². The fourth-order valence-corrected chi connectivity index (χ4v) is 3.81. The standard InChI is InChI=1S/C30H32FN3O5/c1-20(2)26(27(35)29(37)32-18-23-14-9-15-24(31)16-23)34-28(36)25(17-21-10-5-3-6-11-21)33-30(38)39-19-22-12-7-4-8-13-22/h3-16,20,25-26H,17-19H2,1-2H3,(H,32,37)(H,33,38)(H,34,36)/t25-,26-/m0/s1. The van der Waals surface area contributed by atoms with Crippen LogP contribution >= 0.6 is 0 Å². The molecular formula is C30H32FN3O5. The van der Waals surface area contributed by atoms with E-state index >= 15 is 0 Å². The Morgan fingerprint density at radius 1 is 0.795 bits per heavy atom. The van der Waals surface area contributed by atoms with E-state index in [4.69, 9.17) is 4.74 Å². The molecule has 0 saturated heterocycles. The van der Waals surface area contributed by atoms with E-state index in [9.17, 15) is 23.6 Å². The first-order valence-electron chi connectivity index (χ1n) is 12.6. The summed E-state index contributed by atoms with van der Waals surface area (Å²) < 4.78 is 18.7. The highest BCUT2D eigenvalue weighted by atomic mass is 19.1. The van der Waals surface area contributed by atoms with Crippen molar-refractivity contribution in [2.45, 2.75) is 45.5 Å². The Labute approximate surface area is 226 Å². The van der Waals surface area contributed by atoms with Crippen molar-refractivity contribution in [1.29, 1.82) is 0 Å². The highest BCUT2D eigenvalue weighted by Crippen LogP contribution is 2.09. The van der Waals surface area contributed by atoms with Crippen molar-refractivity contribution in [3.05, 3.63) is 107 Å². The molecule has 0 fully saturated rings. The second kappa shape index (κ2) is 14.4. The van der Waals surface area contributed by atoms with Crippen molar-refractivity contribution in [3.8, 4) is 0 Å². The Morgan fingerprint density at radius 3 is 2.03 bits per heavy atom. The highest BCUT2D eigenvalue weighted by Gasteiger charge is 2.32. The third-order valence-electron chi connectivity index (χ3n) is 5.92. The molecule has 3 N–H and O–H groups in total.